The molecule has 0 saturated heterocycles. The van der Waals surface area contributed by atoms with Gasteiger partial charge in [0.15, 0.2) is 0 Å². The number of imide groups is 1. The van der Waals surface area contributed by atoms with Crippen molar-refractivity contribution in [2.75, 3.05) is 26.7 Å². The van der Waals surface area contributed by atoms with Crippen molar-refractivity contribution in [3.63, 3.8) is 0 Å². The number of methoxy groups -OCH3 is 1. The Morgan fingerprint density at radius 3 is 2.28 bits per heavy atom. The molecule has 2 N–H and O–H groups in total. The van der Waals surface area contributed by atoms with Crippen molar-refractivity contribution in [3.8, 4) is 0 Å². The number of ether oxygens (including phenoxy) is 1. The molecule has 0 atom stereocenters. The maximum atomic E-state index is 11.5. The van der Waals surface area contributed by atoms with Gasteiger partial charge >= 0.3 is 12.0 Å². The van der Waals surface area contributed by atoms with E-state index >= 15 is 0 Å². The first-order valence-corrected chi connectivity index (χ1v) is 5.79. The van der Waals surface area contributed by atoms with Crippen LogP contribution in [0.5, 0.6) is 0 Å². The van der Waals surface area contributed by atoms with E-state index in [1.807, 2.05) is 13.8 Å². The van der Waals surface area contributed by atoms with Crippen molar-refractivity contribution >= 4 is 17.9 Å². The number of carbonyl (C=O) groups is 3. The van der Waals surface area contributed by atoms with Gasteiger partial charge in [0.1, 0.15) is 0 Å². The summed E-state index contributed by atoms with van der Waals surface area (Å²) in [5.41, 5.74) is 0. The van der Waals surface area contributed by atoms with Gasteiger partial charge in [-0.3, -0.25) is 19.8 Å². The molecule has 0 bridgehead atoms. The zero-order chi connectivity index (χ0) is 14.1. The summed E-state index contributed by atoms with van der Waals surface area (Å²) in [6, 6.07) is -0.548. The van der Waals surface area contributed by atoms with Gasteiger partial charge in [0.05, 0.1) is 20.2 Å². The maximum absolute atomic E-state index is 11.5. The molecule has 0 rings (SSSR count). The van der Waals surface area contributed by atoms with Gasteiger partial charge in [0, 0.05) is 12.6 Å². The zero-order valence-corrected chi connectivity index (χ0v) is 11.3. The fourth-order valence-corrected chi connectivity index (χ4v) is 1.21. The third kappa shape index (κ3) is 6.85. The van der Waals surface area contributed by atoms with E-state index in [1.165, 1.54) is 7.11 Å². The first-order chi connectivity index (χ1) is 8.40. The van der Waals surface area contributed by atoms with Gasteiger partial charge in [-0.05, 0) is 20.8 Å². The number of urea groups is 1. The number of hydrogen-bond donors (Lipinski definition) is 2. The van der Waals surface area contributed by atoms with Gasteiger partial charge < -0.3 is 10.1 Å². The van der Waals surface area contributed by atoms with Crippen molar-refractivity contribution in [1.29, 1.82) is 0 Å². The van der Waals surface area contributed by atoms with Crippen LogP contribution in [0.1, 0.15) is 20.8 Å². The van der Waals surface area contributed by atoms with Gasteiger partial charge in [-0.1, -0.05) is 0 Å². The molecular weight excluding hydrogens is 238 g/mol. The molecule has 0 aliphatic rings. The Labute approximate surface area is 107 Å². The summed E-state index contributed by atoms with van der Waals surface area (Å²) in [6.07, 6.45) is 0. The normalized spacial score (nSPS) is 10.3. The molecular formula is C11H21N3O4. The second kappa shape index (κ2) is 8.46. The Bertz CT molecular complexity index is 305. The second-order valence-electron chi connectivity index (χ2n) is 3.98. The highest BCUT2D eigenvalue weighted by molar-refractivity contribution is 5.95. The smallest absolute Gasteiger partial charge is 0.321 e. The van der Waals surface area contributed by atoms with Crippen LogP contribution in [0.25, 0.3) is 0 Å². The van der Waals surface area contributed by atoms with Crippen LogP contribution >= 0.6 is 0 Å². The molecule has 0 aromatic heterocycles. The summed E-state index contributed by atoms with van der Waals surface area (Å²) in [5.74, 6) is -0.881. The number of nitrogens with zero attached hydrogens (tertiary/aromatic N) is 1. The predicted molar refractivity (Wildman–Crippen MR) is 65.9 cm³/mol. The third-order valence-electron chi connectivity index (χ3n) is 2.23. The summed E-state index contributed by atoms with van der Waals surface area (Å²) in [6.45, 7) is 5.86. The molecule has 0 aliphatic heterocycles. The second-order valence-corrected chi connectivity index (χ2v) is 3.98. The molecule has 0 heterocycles. The van der Waals surface area contributed by atoms with Crippen molar-refractivity contribution in [2.24, 2.45) is 0 Å². The lowest BCUT2D eigenvalue weighted by atomic mass is 10.3. The molecule has 0 saturated carbocycles. The molecule has 0 fully saturated rings. The Hall–Kier alpha value is -1.63. The fraction of sp³-hybridized carbons (Fsp3) is 0.727. The van der Waals surface area contributed by atoms with Gasteiger partial charge in [-0.25, -0.2) is 4.79 Å². The van der Waals surface area contributed by atoms with E-state index in [1.54, 1.807) is 11.8 Å². The molecule has 0 aromatic rings. The molecule has 104 valence electrons. The molecule has 0 radical (unpaired) electrons. The molecule has 0 aliphatic carbocycles. The fourth-order valence-electron chi connectivity index (χ4n) is 1.21. The van der Waals surface area contributed by atoms with Crippen LogP contribution in [-0.2, 0) is 14.3 Å². The Morgan fingerprint density at radius 2 is 1.83 bits per heavy atom. The minimum atomic E-state index is -0.538. The maximum Gasteiger partial charge on any atom is 0.321 e. The van der Waals surface area contributed by atoms with E-state index < -0.39 is 17.9 Å². The van der Waals surface area contributed by atoms with E-state index in [-0.39, 0.29) is 19.1 Å². The number of hydrogen-bond acceptors (Lipinski definition) is 5. The Kier molecular flexibility index (Phi) is 7.69. The molecule has 7 nitrogen and oxygen atoms in total. The minimum absolute atomic E-state index is 0.0101. The standard InChI is InChI=1S/C11H21N3O4/c1-5-12-11(17)13-9(15)6-14(8(2)3)7-10(16)18-4/h8H,5-7H2,1-4H3,(H2,12,13,15,17). The highest BCUT2D eigenvalue weighted by Gasteiger charge is 2.18. The highest BCUT2D eigenvalue weighted by atomic mass is 16.5. The minimum Gasteiger partial charge on any atom is -0.468 e. The number of amides is 3. The SMILES string of the molecule is CCNC(=O)NC(=O)CN(CC(=O)OC)C(C)C. The van der Waals surface area contributed by atoms with Crippen LogP contribution in [0.15, 0.2) is 0 Å². The summed E-state index contributed by atoms with van der Waals surface area (Å²) in [7, 11) is 1.29. The van der Waals surface area contributed by atoms with Crippen molar-refractivity contribution in [1.82, 2.24) is 15.5 Å². The molecule has 18 heavy (non-hydrogen) atoms. The van der Waals surface area contributed by atoms with E-state index in [9.17, 15) is 14.4 Å². The van der Waals surface area contributed by atoms with Crippen LogP contribution < -0.4 is 10.6 Å². The molecule has 7 heteroatoms. The van der Waals surface area contributed by atoms with Crippen molar-refractivity contribution < 1.29 is 19.1 Å². The van der Waals surface area contributed by atoms with E-state index in [2.05, 4.69) is 15.4 Å². The van der Waals surface area contributed by atoms with Crippen molar-refractivity contribution in [3.05, 3.63) is 0 Å². The van der Waals surface area contributed by atoms with Crippen molar-refractivity contribution in [2.45, 2.75) is 26.8 Å². The Balaban J connectivity index is 4.28. The van der Waals surface area contributed by atoms with Gasteiger partial charge in [-0.15, -0.1) is 0 Å². The quantitative estimate of drug-likeness (QED) is 0.640. The molecule has 0 aromatic carbocycles. The topological polar surface area (TPSA) is 87.7 Å². The Morgan fingerprint density at radius 1 is 1.22 bits per heavy atom. The largest absolute Gasteiger partial charge is 0.468 e. The summed E-state index contributed by atoms with van der Waals surface area (Å²) in [5, 5.41) is 4.62. The zero-order valence-electron chi connectivity index (χ0n) is 11.3. The highest BCUT2D eigenvalue weighted by Crippen LogP contribution is 1.98. The third-order valence-corrected chi connectivity index (χ3v) is 2.23. The number of nitrogens with one attached hydrogen (secondary N) is 2. The van der Waals surface area contributed by atoms with E-state index in [4.69, 9.17) is 0 Å². The average Bonchev–Trinajstić information content (AvgIpc) is 2.27. The summed E-state index contributed by atoms with van der Waals surface area (Å²) < 4.78 is 4.54. The van der Waals surface area contributed by atoms with Crippen LogP contribution in [0.2, 0.25) is 0 Å². The lowest BCUT2D eigenvalue weighted by molar-refractivity contribution is -0.142. The predicted octanol–water partition coefficient (Wildman–Crippen LogP) is -0.284. The van der Waals surface area contributed by atoms with Crippen LogP contribution in [0, 0.1) is 0 Å². The monoisotopic (exact) mass is 259 g/mol. The molecule has 3 amide bonds. The number of esters is 1. The molecule has 0 spiro atoms. The van der Waals surface area contributed by atoms with Crippen LogP contribution in [-0.4, -0.2) is 55.6 Å². The number of carbonyl (C=O) groups excluding carboxylic acids is 3. The van der Waals surface area contributed by atoms with E-state index in [0.29, 0.717) is 6.54 Å². The summed E-state index contributed by atoms with van der Waals surface area (Å²) >= 11 is 0. The summed E-state index contributed by atoms with van der Waals surface area (Å²) in [4.78, 5) is 35.4. The van der Waals surface area contributed by atoms with Crippen LogP contribution in [0.3, 0.4) is 0 Å². The van der Waals surface area contributed by atoms with E-state index in [0.717, 1.165) is 0 Å². The lowest BCUT2D eigenvalue weighted by Crippen LogP contribution is -2.47. The molecule has 0 unspecified atom stereocenters. The van der Waals surface area contributed by atoms with Gasteiger partial charge in [0.2, 0.25) is 5.91 Å². The van der Waals surface area contributed by atoms with Crippen LogP contribution in [0.4, 0.5) is 4.79 Å². The first kappa shape index (κ1) is 16.4. The van der Waals surface area contributed by atoms with Gasteiger partial charge in [-0.2, -0.15) is 0 Å². The first-order valence-electron chi connectivity index (χ1n) is 5.79. The van der Waals surface area contributed by atoms with Gasteiger partial charge in [0.25, 0.3) is 0 Å². The average molecular weight is 259 g/mol. The lowest BCUT2D eigenvalue weighted by Gasteiger charge is -2.24. The number of rotatable bonds is 6.